The Morgan fingerprint density at radius 2 is 1.85 bits per heavy atom. The largest absolute Gasteiger partial charge is 0.465 e. The van der Waals surface area contributed by atoms with Crippen molar-refractivity contribution < 1.29 is 19.1 Å². The number of rotatable bonds is 10. The fraction of sp³-hybridized carbons (Fsp3) is 0.571. The van der Waals surface area contributed by atoms with Crippen LogP contribution in [0.25, 0.3) is 0 Å². The predicted molar refractivity (Wildman–Crippen MR) is 134 cm³/mol. The molecule has 3 atom stereocenters. The zero-order valence-electron chi connectivity index (χ0n) is 21.3. The van der Waals surface area contributed by atoms with Crippen molar-refractivity contribution in [2.24, 2.45) is 11.8 Å². The summed E-state index contributed by atoms with van der Waals surface area (Å²) in [5.41, 5.74) is 1.78. The minimum atomic E-state index is -0.615. The van der Waals surface area contributed by atoms with E-state index >= 15 is 0 Å². The molecule has 2 aliphatic carbocycles. The van der Waals surface area contributed by atoms with E-state index in [1.165, 1.54) is 5.57 Å². The molecule has 2 aliphatic rings. The van der Waals surface area contributed by atoms with Crippen LogP contribution in [-0.2, 0) is 20.8 Å². The summed E-state index contributed by atoms with van der Waals surface area (Å²) in [5, 5.41) is 3.05. The Morgan fingerprint density at radius 1 is 1.15 bits per heavy atom. The van der Waals surface area contributed by atoms with Crippen LogP contribution >= 0.6 is 0 Å². The molecule has 0 heterocycles. The highest BCUT2D eigenvalue weighted by Gasteiger charge is 2.45. The van der Waals surface area contributed by atoms with Crippen LogP contribution in [0.15, 0.2) is 54.1 Å². The Bertz CT molecular complexity index is 883. The maximum Gasteiger partial charge on any atom is 0.407 e. The van der Waals surface area contributed by atoms with Gasteiger partial charge in [0.15, 0.2) is 0 Å². The molecule has 1 aromatic rings. The summed E-state index contributed by atoms with van der Waals surface area (Å²) in [6, 6.07) is 9.16. The molecule has 0 bridgehead atoms. The van der Waals surface area contributed by atoms with Crippen molar-refractivity contribution in [2.75, 3.05) is 13.2 Å². The Hall–Kier alpha value is -2.60. The fourth-order valence-electron chi connectivity index (χ4n) is 4.41. The molecule has 1 fully saturated rings. The molecule has 1 aromatic carbocycles. The summed E-state index contributed by atoms with van der Waals surface area (Å²) in [4.78, 5) is 28.4. The van der Waals surface area contributed by atoms with Crippen LogP contribution in [-0.4, -0.2) is 47.8 Å². The monoisotopic (exact) mass is 468 g/mol. The number of hydrogen-bond acceptors (Lipinski definition) is 5. The third-order valence-electron chi connectivity index (χ3n) is 6.26. The van der Waals surface area contributed by atoms with E-state index in [0.29, 0.717) is 25.6 Å². The molecule has 1 N–H and O–H groups in total. The Morgan fingerprint density at radius 3 is 2.44 bits per heavy atom. The highest BCUT2D eigenvalue weighted by atomic mass is 16.6. The van der Waals surface area contributed by atoms with Crippen LogP contribution in [0.4, 0.5) is 4.79 Å². The number of carbonyl (C=O) groups is 2. The van der Waals surface area contributed by atoms with E-state index in [-0.39, 0.29) is 17.9 Å². The van der Waals surface area contributed by atoms with Crippen LogP contribution in [0, 0.1) is 11.8 Å². The van der Waals surface area contributed by atoms with E-state index in [9.17, 15) is 9.59 Å². The smallest absolute Gasteiger partial charge is 0.407 e. The van der Waals surface area contributed by atoms with E-state index in [0.717, 1.165) is 24.8 Å². The number of allylic oxidation sites excluding steroid dienone is 3. The SMILES string of the molecule is CCOC(=O)[C@H]([C@H](NC(=O)OC(C)(C)C)C1CC1)N(CC1=CC=CCC1C)Cc1ccccc1. The number of nitrogens with zero attached hydrogens (tertiary/aromatic N) is 1. The summed E-state index contributed by atoms with van der Waals surface area (Å²) in [5.74, 6) is 0.313. The first-order valence-corrected chi connectivity index (χ1v) is 12.5. The van der Waals surface area contributed by atoms with Crippen molar-refractivity contribution >= 4 is 12.1 Å². The molecule has 1 saturated carbocycles. The van der Waals surface area contributed by atoms with Crippen LogP contribution in [0.2, 0.25) is 0 Å². The first-order valence-electron chi connectivity index (χ1n) is 12.5. The van der Waals surface area contributed by atoms with Crippen molar-refractivity contribution in [1.82, 2.24) is 10.2 Å². The van der Waals surface area contributed by atoms with E-state index in [4.69, 9.17) is 9.47 Å². The lowest BCUT2D eigenvalue weighted by atomic mass is 9.91. The molecule has 3 rings (SSSR count). The average molecular weight is 469 g/mol. The van der Waals surface area contributed by atoms with Crippen LogP contribution in [0.3, 0.4) is 0 Å². The number of nitrogens with one attached hydrogen (secondary N) is 1. The second-order valence-corrected chi connectivity index (χ2v) is 10.4. The molecular formula is C28H40N2O4. The van der Waals surface area contributed by atoms with Gasteiger partial charge in [-0.3, -0.25) is 9.69 Å². The second kappa shape index (κ2) is 11.7. The first-order chi connectivity index (χ1) is 16.2. The lowest BCUT2D eigenvalue weighted by Gasteiger charge is -2.37. The first kappa shape index (κ1) is 26.0. The molecule has 6 heteroatoms. The number of carbonyl (C=O) groups excluding carboxylic acids is 2. The molecular weight excluding hydrogens is 428 g/mol. The molecule has 0 spiro atoms. The van der Waals surface area contributed by atoms with Gasteiger partial charge >= 0.3 is 12.1 Å². The number of amides is 1. The Kier molecular flexibility index (Phi) is 8.95. The highest BCUT2D eigenvalue weighted by molar-refractivity contribution is 5.78. The maximum atomic E-state index is 13.4. The van der Waals surface area contributed by atoms with Gasteiger partial charge in [0.1, 0.15) is 11.6 Å². The summed E-state index contributed by atoms with van der Waals surface area (Å²) in [6.07, 6.45) is 8.85. The van der Waals surface area contributed by atoms with Crippen LogP contribution < -0.4 is 5.32 Å². The molecule has 0 radical (unpaired) electrons. The van der Waals surface area contributed by atoms with Gasteiger partial charge in [-0.25, -0.2) is 4.79 Å². The minimum Gasteiger partial charge on any atom is -0.465 e. The summed E-state index contributed by atoms with van der Waals surface area (Å²) in [6.45, 7) is 11.1. The van der Waals surface area contributed by atoms with Gasteiger partial charge in [-0.2, -0.15) is 0 Å². The fourth-order valence-corrected chi connectivity index (χ4v) is 4.41. The van der Waals surface area contributed by atoms with Gasteiger partial charge in [-0.1, -0.05) is 61.1 Å². The molecule has 34 heavy (non-hydrogen) atoms. The lowest BCUT2D eigenvalue weighted by molar-refractivity contribution is -0.151. The standard InChI is InChI=1S/C28H40N2O4/c1-6-33-26(31)25(24(22-16-17-22)29-27(32)34-28(3,4)5)30(18-21-13-8-7-9-14-21)19-23-15-11-10-12-20(23)2/h7-11,13-15,20,22,24-25H,6,12,16-19H2,1-5H3,(H,29,32)/t20?,24-,25+/m1/s1. The van der Waals surface area contributed by atoms with Gasteiger partial charge in [0.2, 0.25) is 0 Å². The topological polar surface area (TPSA) is 67.9 Å². The van der Waals surface area contributed by atoms with Crippen LogP contribution in [0.1, 0.15) is 59.4 Å². The van der Waals surface area contributed by atoms with Crippen molar-refractivity contribution in [3.05, 3.63) is 59.7 Å². The highest BCUT2D eigenvalue weighted by Crippen LogP contribution is 2.37. The lowest BCUT2D eigenvalue weighted by Crippen LogP contribution is -2.58. The maximum absolute atomic E-state index is 13.4. The van der Waals surface area contributed by atoms with Gasteiger partial charge in [0.25, 0.3) is 0 Å². The zero-order chi connectivity index (χ0) is 24.7. The van der Waals surface area contributed by atoms with Gasteiger partial charge < -0.3 is 14.8 Å². The quantitative estimate of drug-likeness (QED) is 0.475. The van der Waals surface area contributed by atoms with Gasteiger partial charge in [0, 0.05) is 13.1 Å². The Balaban J connectivity index is 1.95. The average Bonchev–Trinajstić information content (AvgIpc) is 3.60. The molecule has 6 nitrogen and oxygen atoms in total. The van der Waals surface area contributed by atoms with Crippen LogP contribution in [0.5, 0.6) is 0 Å². The molecule has 186 valence electrons. The van der Waals surface area contributed by atoms with Crippen molar-refractivity contribution in [2.45, 2.75) is 78.1 Å². The third kappa shape index (κ3) is 7.73. The Labute approximate surface area is 204 Å². The number of alkyl carbamates (subject to hydrolysis) is 1. The number of hydrogen-bond donors (Lipinski definition) is 1. The predicted octanol–water partition coefficient (Wildman–Crippen LogP) is 5.25. The third-order valence-corrected chi connectivity index (χ3v) is 6.26. The normalized spacial score (nSPS) is 19.8. The van der Waals surface area contributed by atoms with E-state index < -0.39 is 17.7 Å². The van der Waals surface area contributed by atoms with E-state index in [1.807, 2.05) is 45.9 Å². The summed E-state index contributed by atoms with van der Waals surface area (Å²) >= 11 is 0. The van der Waals surface area contributed by atoms with E-state index in [2.05, 4.69) is 47.5 Å². The van der Waals surface area contributed by atoms with Crippen molar-refractivity contribution in [3.63, 3.8) is 0 Å². The molecule has 0 saturated heterocycles. The van der Waals surface area contributed by atoms with Gasteiger partial charge in [-0.15, -0.1) is 0 Å². The van der Waals surface area contributed by atoms with Gasteiger partial charge in [-0.05, 0) is 64.4 Å². The zero-order valence-corrected chi connectivity index (χ0v) is 21.3. The van der Waals surface area contributed by atoms with Gasteiger partial charge in [0.05, 0.1) is 12.6 Å². The summed E-state index contributed by atoms with van der Waals surface area (Å²) < 4.78 is 11.1. The van der Waals surface area contributed by atoms with Crippen molar-refractivity contribution in [1.29, 1.82) is 0 Å². The number of esters is 1. The molecule has 1 unspecified atom stereocenters. The molecule has 1 amide bonds. The van der Waals surface area contributed by atoms with E-state index in [1.54, 1.807) is 0 Å². The molecule has 0 aromatic heterocycles. The minimum absolute atomic E-state index is 0.220. The second-order valence-electron chi connectivity index (χ2n) is 10.4. The summed E-state index contributed by atoms with van der Waals surface area (Å²) in [7, 11) is 0. The van der Waals surface area contributed by atoms with Crippen molar-refractivity contribution in [3.8, 4) is 0 Å². The number of ether oxygens (including phenoxy) is 2. The number of benzene rings is 1. The molecule has 0 aliphatic heterocycles.